The van der Waals surface area contributed by atoms with E-state index in [9.17, 15) is 20.2 Å². The molecule has 150 valence electrons. The monoisotopic (exact) mass is 418 g/mol. The number of aromatic nitrogens is 2. The van der Waals surface area contributed by atoms with E-state index < -0.39 is 9.85 Å². The molecule has 12 heteroatoms. The lowest BCUT2D eigenvalue weighted by Gasteiger charge is -2.05. The lowest BCUT2D eigenvalue weighted by molar-refractivity contribution is -0.394. The number of ether oxygens (including phenoxy) is 2. The first kappa shape index (κ1) is 20.1. The van der Waals surface area contributed by atoms with E-state index in [2.05, 4.69) is 10.2 Å². The van der Waals surface area contributed by atoms with Gasteiger partial charge in [-0.15, -0.1) is 10.2 Å². The lowest BCUT2D eigenvalue weighted by atomic mass is 10.2. The number of thioether (sulfide) groups is 1. The Labute approximate surface area is 167 Å². The van der Waals surface area contributed by atoms with Crippen molar-refractivity contribution in [3.05, 3.63) is 62.2 Å². The number of hydrogen-bond donors (Lipinski definition) is 0. The summed E-state index contributed by atoms with van der Waals surface area (Å²) in [5, 5.41) is 30.1. The van der Waals surface area contributed by atoms with Crippen molar-refractivity contribution in [1.29, 1.82) is 0 Å². The molecule has 0 aliphatic carbocycles. The van der Waals surface area contributed by atoms with E-state index in [1.807, 2.05) is 0 Å². The molecule has 1 heterocycles. The van der Waals surface area contributed by atoms with Crippen LogP contribution in [0.1, 0.15) is 5.56 Å². The van der Waals surface area contributed by atoms with Gasteiger partial charge in [-0.05, 0) is 17.7 Å². The van der Waals surface area contributed by atoms with Crippen LogP contribution in [0.15, 0.2) is 46.0 Å². The van der Waals surface area contributed by atoms with E-state index >= 15 is 0 Å². The minimum Gasteiger partial charge on any atom is -0.497 e. The quantitative estimate of drug-likeness (QED) is 0.300. The molecule has 0 aliphatic rings. The third-order valence-electron chi connectivity index (χ3n) is 3.75. The highest BCUT2D eigenvalue weighted by molar-refractivity contribution is 7.98. The van der Waals surface area contributed by atoms with E-state index in [-0.39, 0.29) is 28.2 Å². The zero-order valence-corrected chi connectivity index (χ0v) is 16.0. The molecule has 0 bridgehead atoms. The average molecular weight is 418 g/mol. The molecule has 3 rings (SSSR count). The van der Waals surface area contributed by atoms with Gasteiger partial charge in [0.15, 0.2) is 0 Å². The van der Waals surface area contributed by atoms with Crippen LogP contribution in [0.3, 0.4) is 0 Å². The second kappa shape index (κ2) is 8.56. The van der Waals surface area contributed by atoms with Gasteiger partial charge in [0.1, 0.15) is 11.5 Å². The second-order valence-corrected chi connectivity index (χ2v) is 6.56. The minimum atomic E-state index is -0.678. The van der Waals surface area contributed by atoms with Crippen molar-refractivity contribution in [2.75, 3.05) is 14.2 Å². The summed E-state index contributed by atoms with van der Waals surface area (Å²) in [6.45, 7) is 0. The van der Waals surface area contributed by atoms with E-state index in [4.69, 9.17) is 13.9 Å². The molecule has 0 radical (unpaired) electrons. The molecule has 2 aromatic carbocycles. The van der Waals surface area contributed by atoms with Crippen molar-refractivity contribution < 1.29 is 23.7 Å². The van der Waals surface area contributed by atoms with E-state index in [0.29, 0.717) is 22.6 Å². The van der Waals surface area contributed by atoms with Crippen molar-refractivity contribution in [2.24, 2.45) is 0 Å². The summed E-state index contributed by atoms with van der Waals surface area (Å²) < 4.78 is 16.0. The molecular weight excluding hydrogens is 404 g/mol. The first-order chi connectivity index (χ1) is 13.9. The Morgan fingerprint density at radius 1 is 0.931 bits per heavy atom. The van der Waals surface area contributed by atoms with Crippen LogP contribution in [0.4, 0.5) is 11.4 Å². The molecule has 29 heavy (non-hydrogen) atoms. The van der Waals surface area contributed by atoms with Gasteiger partial charge in [0.05, 0.1) is 30.1 Å². The summed E-state index contributed by atoms with van der Waals surface area (Å²) in [5.41, 5.74) is 0.263. The highest BCUT2D eigenvalue weighted by atomic mass is 32.2. The number of non-ortho nitro benzene ring substituents is 2. The highest BCUT2D eigenvalue weighted by Crippen LogP contribution is 2.32. The SMILES string of the molecule is COc1cc(OC)cc(-c2nnc(SCc3cc([N+](=O)[O-])cc([N+](=O)[O-])c3)o2)c1. The molecule has 0 amide bonds. The number of nitrogens with zero attached hydrogens (tertiary/aromatic N) is 4. The summed E-state index contributed by atoms with van der Waals surface area (Å²) in [7, 11) is 3.04. The van der Waals surface area contributed by atoms with Crippen molar-refractivity contribution in [3.8, 4) is 23.0 Å². The number of methoxy groups -OCH3 is 2. The maximum atomic E-state index is 11.0. The van der Waals surface area contributed by atoms with Crippen molar-refractivity contribution in [2.45, 2.75) is 11.0 Å². The van der Waals surface area contributed by atoms with Crippen LogP contribution in [0, 0.1) is 20.2 Å². The summed E-state index contributed by atoms with van der Waals surface area (Å²) in [5.74, 6) is 1.51. The van der Waals surface area contributed by atoms with Crippen LogP contribution in [-0.4, -0.2) is 34.3 Å². The molecule has 0 aliphatic heterocycles. The molecule has 0 atom stereocenters. The minimum absolute atomic E-state index is 0.172. The van der Waals surface area contributed by atoms with Gasteiger partial charge < -0.3 is 13.9 Å². The maximum absolute atomic E-state index is 11.0. The van der Waals surface area contributed by atoms with Gasteiger partial charge in [-0.25, -0.2) is 0 Å². The molecule has 0 fully saturated rings. The van der Waals surface area contributed by atoms with E-state index in [1.165, 1.54) is 26.4 Å². The number of benzene rings is 2. The van der Waals surface area contributed by atoms with Crippen molar-refractivity contribution in [1.82, 2.24) is 10.2 Å². The Bertz CT molecular complexity index is 1020. The summed E-state index contributed by atoms with van der Waals surface area (Å²) in [4.78, 5) is 20.6. The standard InChI is InChI=1S/C17H14N4O7S/c1-26-14-5-11(6-15(8-14)27-2)16-18-19-17(28-16)29-9-10-3-12(20(22)23)7-13(4-10)21(24)25/h3-8H,9H2,1-2H3. The van der Waals surface area contributed by atoms with Crippen LogP contribution in [0.25, 0.3) is 11.5 Å². The molecule has 1 aromatic heterocycles. The van der Waals surface area contributed by atoms with Crippen LogP contribution in [0.2, 0.25) is 0 Å². The first-order valence-corrected chi connectivity index (χ1v) is 9.00. The second-order valence-electron chi connectivity index (χ2n) is 5.64. The van der Waals surface area contributed by atoms with Crippen LogP contribution in [-0.2, 0) is 5.75 Å². The third-order valence-corrected chi connectivity index (χ3v) is 4.64. The molecular formula is C17H14N4O7S. The van der Waals surface area contributed by atoms with Crippen molar-refractivity contribution >= 4 is 23.1 Å². The van der Waals surface area contributed by atoms with Gasteiger partial charge in [0.25, 0.3) is 16.6 Å². The number of hydrogen-bond acceptors (Lipinski definition) is 10. The lowest BCUT2D eigenvalue weighted by Crippen LogP contribution is -1.95. The maximum Gasteiger partial charge on any atom is 0.277 e. The van der Waals surface area contributed by atoms with Crippen LogP contribution in [0.5, 0.6) is 11.5 Å². The zero-order valence-electron chi connectivity index (χ0n) is 15.2. The van der Waals surface area contributed by atoms with Crippen LogP contribution >= 0.6 is 11.8 Å². The Hall–Kier alpha value is -3.67. The van der Waals surface area contributed by atoms with Gasteiger partial charge >= 0.3 is 0 Å². The first-order valence-electron chi connectivity index (χ1n) is 8.02. The Morgan fingerprint density at radius 2 is 1.52 bits per heavy atom. The molecule has 0 unspecified atom stereocenters. The largest absolute Gasteiger partial charge is 0.497 e. The Morgan fingerprint density at radius 3 is 2.03 bits per heavy atom. The predicted octanol–water partition coefficient (Wildman–Crippen LogP) is 3.86. The zero-order chi connectivity index (χ0) is 21.0. The molecule has 0 spiro atoms. The predicted molar refractivity (Wildman–Crippen MR) is 102 cm³/mol. The third kappa shape index (κ3) is 4.79. The summed E-state index contributed by atoms with van der Waals surface area (Å²) >= 11 is 1.10. The van der Waals surface area contributed by atoms with E-state index in [1.54, 1.807) is 18.2 Å². The normalized spacial score (nSPS) is 10.6. The van der Waals surface area contributed by atoms with E-state index in [0.717, 1.165) is 17.8 Å². The molecule has 0 saturated carbocycles. The Balaban J connectivity index is 1.79. The summed E-state index contributed by atoms with van der Waals surface area (Å²) in [6.07, 6.45) is 0. The average Bonchev–Trinajstić information content (AvgIpc) is 3.20. The van der Waals surface area contributed by atoms with Crippen molar-refractivity contribution in [3.63, 3.8) is 0 Å². The fourth-order valence-corrected chi connectivity index (χ4v) is 3.10. The smallest absolute Gasteiger partial charge is 0.277 e. The Kier molecular flexibility index (Phi) is 5.93. The van der Waals surface area contributed by atoms with Gasteiger partial charge in [-0.2, -0.15) is 0 Å². The number of nitro benzene ring substituents is 2. The van der Waals surface area contributed by atoms with Gasteiger partial charge in [0.2, 0.25) is 5.89 Å². The molecule has 11 nitrogen and oxygen atoms in total. The highest BCUT2D eigenvalue weighted by Gasteiger charge is 2.18. The molecule has 3 aromatic rings. The number of nitro groups is 2. The van der Waals surface area contributed by atoms with Crippen LogP contribution < -0.4 is 9.47 Å². The molecule has 0 N–H and O–H groups in total. The molecule has 0 saturated heterocycles. The van der Waals surface area contributed by atoms with Gasteiger partial charge in [0, 0.05) is 29.5 Å². The topological polar surface area (TPSA) is 144 Å². The summed E-state index contributed by atoms with van der Waals surface area (Å²) in [6, 6.07) is 8.55. The fourth-order valence-electron chi connectivity index (χ4n) is 2.41. The van der Waals surface area contributed by atoms with Gasteiger partial charge in [-0.1, -0.05) is 11.8 Å². The van der Waals surface area contributed by atoms with Gasteiger partial charge in [-0.3, -0.25) is 20.2 Å². The number of rotatable bonds is 8. The fraction of sp³-hybridized carbons (Fsp3) is 0.176.